The predicted molar refractivity (Wildman–Crippen MR) is 96.5 cm³/mol. The number of H-pyrrole nitrogens is 1. The van der Waals surface area contributed by atoms with Gasteiger partial charge in [-0.15, -0.1) is 5.10 Å². The molecule has 0 saturated heterocycles. The van der Waals surface area contributed by atoms with Crippen molar-refractivity contribution in [2.75, 3.05) is 4.90 Å². The molecule has 0 aliphatic heterocycles. The van der Waals surface area contributed by atoms with Gasteiger partial charge in [-0.05, 0) is 38.1 Å². The molecule has 0 aliphatic rings. The number of hydrogen-bond donors (Lipinski definition) is 1. The third kappa shape index (κ3) is 3.65. The van der Waals surface area contributed by atoms with Gasteiger partial charge in [0.15, 0.2) is 0 Å². The molecule has 1 aromatic heterocycles. The van der Waals surface area contributed by atoms with Crippen LogP contribution in [-0.2, 0) is 4.79 Å². The second-order valence-corrected chi connectivity index (χ2v) is 6.62. The minimum absolute atomic E-state index is 0.0140. The van der Waals surface area contributed by atoms with E-state index in [4.69, 9.17) is 0 Å². The summed E-state index contributed by atoms with van der Waals surface area (Å²) in [7, 11) is 0. The molecule has 122 valence electrons. The van der Waals surface area contributed by atoms with E-state index in [2.05, 4.69) is 15.2 Å². The lowest BCUT2D eigenvalue weighted by molar-refractivity contribution is -0.117. The number of nitrogens with one attached hydrogen (secondary N) is 1. The highest BCUT2D eigenvalue weighted by Crippen LogP contribution is 2.29. The Morgan fingerprint density at radius 3 is 2.04 bits per heavy atom. The zero-order valence-electron chi connectivity index (χ0n) is 13.5. The van der Waals surface area contributed by atoms with Crippen LogP contribution in [0.1, 0.15) is 12.7 Å². The molecule has 0 bridgehead atoms. The van der Waals surface area contributed by atoms with Crippen LogP contribution in [0.5, 0.6) is 0 Å². The number of benzene rings is 2. The van der Waals surface area contributed by atoms with Crippen LogP contribution in [0, 0.1) is 6.92 Å². The first-order valence-corrected chi connectivity index (χ1v) is 8.53. The molecule has 0 fully saturated rings. The number of carbonyl (C=O) groups excluding carboxylic acids is 1. The van der Waals surface area contributed by atoms with E-state index in [1.54, 1.807) is 4.90 Å². The molecule has 1 amide bonds. The molecule has 2 aromatic carbocycles. The lowest BCUT2D eigenvalue weighted by Crippen LogP contribution is -2.32. The van der Waals surface area contributed by atoms with Crippen molar-refractivity contribution in [3.05, 3.63) is 66.5 Å². The molecule has 0 unspecified atom stereocenters. The van der Waals surface area contributed by atoms with Crippen molar-refractivity contribution in [3.8, 4) is 0 Å². The summed E-state index contributed by atoms with van der Waals surface area (Å²) in [6.45, 7) is 3.71. The van der Waals surface area contributed by atoms with Gasteiger partial charge in [0, 0.05) is 11.4 Å². The molecule has 1 N–H and O–H groups in total. The van der Waals surface area contributed by atoms with Crippen molar-refractivity contribution >= 4 is 29.0 Å². The number of nitrogens with zero attached hydrogens (tertiary/aromatic N) is 3. The van der Waals surface area contributed by atoms with E-state index in [9.17, 15) is 4.79 Å². The smallest absolute Gasteiger partial charge is 0.244 e. The summed E-state index contributed by atoms with van der Waals surface area (Å²) in [5, 5.41) is 7.16. The van der Waals surface area contributed by atoms with Gasteiger partial charge >= 0.3 is 0 Å². The van der Waals surface area contributed by atoms with Crippen molar-refractivity contribution in [2.45, 2.75) is 24.3 Å². The van der Waals surface area contributed by atoms with Crippen molar-refractivity contribution in [3.63, 3.8) is 0 Å². The molecule has 1 heterocycles. The Morgan fingerprint density at radius 1 is 1.04 bits per heavy atom. The Balaban J connectivity index is 1.89. The summed E-state index contributed by atoms with van der Waals surface area (Å²) in [6, 6.07) is 19.3. The Kier molecular flexibility index (Phi) is 4.96. The lowest BCUT2D eigenvalue weighted by Gasteiger charge is -2.25. The molecule has 0 saturated carbocycles. The molecule has 24 heavy (non-hydrogen) atoms. The summed E-state index contributed by atoms with van der Waals surface area (Å²) in [4.78, 5) is 19.1. The van der Waals surface area contributed by atoms with Crippen molar-refractivity contribution in [2.24, 2.45) is 0 Å². The largest absolute Gasteiger partial charge is 0.280 e. The zero-order chi connectivity index (χ0) is 16.9. The first-order chi connectivity index (χ1) is 11.6. The van der Waals surface area contributed by atoms with Gasteiger partial charge in [0.05, 0.1) is 5.25 Å². The third-order valence-corrected chi connectivity index (χ3v) is 4.40. The fourth-order valence-electron chi connectivity index (χ4n) is 2.32. The summed E-state index contributed by atoms with van der Waals surface area (Å²) in [5.74, 6) is 0.722. The second kappa shape index (κ2) is 7.31. The first-order valence-electron chi connectivity index (χ1n) is 7.65. The standard InChI is InChI=1S/C18H18N4OS/c1-13(24-18-19-14(2)20-21-18)17(23)22(15-9-5-3-6-10-15)16-11-7-4-8-12-16/h3-13H,1-2H3,(H,19,20,21)/t13-/m0/s1. The Bertz CT molecular complexity index is 765. The van der Waals surface area contributed by atoms with Crippen LogP contribution in [0.15, 0.2) is 65.8 Å². The molecular weight excluding hydrogens is 320 g/mol. The number of anilines is 2. The van der Waals surface area contributed by atoms with Gasteiger partial charge in [-0.3, -0.25) is 14.8 Å². The maximum Gasteiger partial charge on any atom is 0.244 e. The van der Waals surface area contributed by atoms with Crippen molar-refractivity contribution < 1.29 is 4.79 Å². The maximum absolute atomic E-state index is 13.1. The molecule has 1 atom stereocenters. The summed E-state index contributed by atoms with van der Waals surface area (Å²) < 4.78 is 0. The average molecular weight is 338 g/mol. The van der Waals surface area contributed by atoms with E-state index < -0.39 is 0 Å². The minimum atomic E-state index is -0.319. The van der Waals surface area contributed by atoms with Crippen LogP contribution in [-0.4, -0.2) is 26.3 Å². The molecule has 3 aromatic rings. The number of rotatable bonds is 5. The monoisotopic (exact) mass is 338 g/mol. The predicted octanol–water partition coefficient (Wildman–Crippen LogP) is 3.96. The highest BCUT2D eigenvalue weighted by Gasteiger charge is 2.25. The lowest BCUT2D eigenvalue weighted by atomic mass is 10.2. The highest BCUT2D eigenvalue weighted by atomic mass is 32.2. The molecule has 0 radical (unpaired) electrons. The second-order valence-electron chi connectivity index (χ2n) is 5.31. The third-order valence-electron chi connectivity index (χ3n) is 3.46. The molecule has 0 spiro atoms. The Morgan fingerprint density at radius 2 is 1.58 bits per heavy atom. The highest BCUT2D eigenvalue weighted by molar-refractivity contribution is 8.00. The normalized spacial score (nSPS) is 11.9. The quantitative estimate of drug-likeness (QED) is 0.715. The van der Waals surface area contributed by atoms with Gasteiger partial charge in [-0.25, -0.2) is 4.98 Å². The van der Waals surface area contributed by atoms with Crippen LogP contribution in [0.25, 0.3) is 0 Å². The van der Waals surface area contributed by atoms with Gasteiger partial charge < -0.3 is 0 Å². The SMILES string of the molecule is Cc1nc(S[C@@H](C)C(=O)N(c2ccccc2)c2ccccc2)n[nH]1. The van der Waals surface area contributed by atoms with Crippen LogP contribution < -0.4 is 4.90 Å². The van der Waals surface area contributed by atoms with Crippen molar-refractivity contribution in [1.82, 2.24) is 15.2 Å². The van der Waals surface area contributed by atoms with Crippen LogP contribution in [0.3, 0.4) is 0 Å². The van der Waals surface area contributed by atoms with E-state index in [0.29, 0.717) is 5.16 Å². The van der Waals surface area contributed by atoms with Gasteiger partial charge in [0.1, 0.15) is 5.82 Å². The van der Waals surface area contributed by atoms with E-state index in [1.165, 1.54) is 11.8 Å². The molecule has 6 heteroatoms. The Labute approximate surface area is 145 Å². The molecule has 3 rings (SSSR count). The fraction of sp³-hybridized carbons (Fsp3) is 0.167. The number of amides is 1. The number of para-hydroxylation sites is 2. The minimum Gasteiger partial charge on any atom is -0.280 e. The molecular formula is C18H18N4OS. The number of aromatic amines is 1. The molecule has 0 aliphatic carbocycles. The van der Waals surface area contributed by atoms with E-state index in [1.807, 2.05) is 74.5 Å². The van der Waals surface area contributed by atoms with E-state index in [-0.39, 0.29) is 11.2 Å². The number of aromatic nitrogens is 3. The van der Waals surface area contributed by atoms with E-state index in [0.717, 1.165) is 17.2 Å². The van der Waals surface area contributed by atoms with E-state index >= 15 is 0 Å². The fourth-order valence-corrected chi connectivity index (χ4v) is 3.13. The Hall–Kier alpha value is -2.60. The summed E-state index contributed by atoms with van der Waals surface area (Å²) in [6.07, 6.45) is 0. The van der Waals surface area contributed by atoms with Gasteiger partial charge in [-0.1, -0.05) is 48.2 Å². The van der Waals surface area contributed by atoms with Crippen LogP contribution in [0.4, 0.5) is 11.4 Å². The van der Waals surface area contributed by atoms with Gasteiger partial charge in [-0.2, -0.15) is 0 Å². The number of hydrogen-bond acceptors (Lipinski definition) is 4. The van der Waals surface area contributed by atoms with Gasteiger partial charge in [0.25, 0.3) is 0 Å². The summed E-state index contributed by atoms with van der Waals surface area (Å²) >= 11 is 1.35. The topological polar surface area (TPSA) is 61.9 Å². The molecule has 5 nitrogen and oxygen atoms in total. The zero-order valence-corrected chi connectivity index (χ0v) is 14.3. The number of aryl methyl sites for hydroxylation is 1. The maximum atomic E-state index is 13.1. The van der Waals surface area contributed by atoms with Crippen LogP contribution in [0.2, 0.25) is 0 Å². The van der Waals surface area contributed by atoms with Crippen molar-refractivity contribution in [1.29, 1.82) is 0 Å². The van der Waals surface area contributed by atoms with Crippen LogP contribution >= 0.6 is 11.8 Å². The average Bonchev–Trinajstić information content (AvgIpc) is 3.02. The summed E-state index contributed by atoms with van der Waals surface area (Å²) in [5.41, 5.74) is 1.68. The number of thioether (sulfide) groups is 1. The van der Waals surface area contributed by atoms with Gasteiger partial charge in [0.2, 0.25) is 11.1 Å². The first kappa shape index (κ1) is 16.3. The number of carbonyl (C=O) groups is 1.